The Morgan fingerprint density at radius 1 is 1.32 bits per heavy atom. The summed E-state index contributed by atoms with van der Waals surface area (Å²) in [5, 5.41) is 2.78. The van der Waals surface area contributed by atoms with Crippen molar-refractivity contribution < 1.29 is 38.5 Å². The molecule has 0 bridgehead atoms. The molecule has 22 heavy (non-hydrogen) atoms. The summed E-state index contributed by atoms with van der Waals surface area (Å²) in [6.45, 7) is 8.56. The van der Waals surface area contributed by atoms with E-state index in [1.54, 1.807) is 12.2 Å². The molecule has 8 heteroatoms. The van der Waals surface area contributed by atoms with E-state index >= 15 is 0 Å². The third-order valence-corrected chi connectivity index (χ3v) is 3.01. The molecule has 2 rings (SSSR count). The van der Waals surface area contributed by atoms with Gasteiger partial charge in [-0.25, -0.2) is 0 Å². The van der Waals surface area contributed by atoms with Gasteiger partial charge in [0.25, 0.3) is 0 Å². The zero-order valence-electron chi connectivity index (χ0n) is 13.2. The quantitative estimate of drug-likeness (QED) is 0.348. The van der Waals surface area contributed by atoms with Crippen molar-refractivity contribution in [3.05, 3.63) is 29.2 Å². The van der Waals surface area contributed by atoms with Crippen LogP contribution in [0.15, 0.2) is 23.7 Å². The summed E-state index contributed by atoms with van der Waals surface area (Å²) >= 11 is 6.03. The largest absolute Gasteiger partial charge is 2.00 e. The fourth-order valence-electron chi connectivity index (χ4n) is 1.75. The topological polar surface area (TPSA) is 76.1 Å². The van der Waals surface area contributed by atoms with E-state index < -0.39 is 0 Å². The Kier molecular flexibility index (Phi) is 12.4. The Hall–Kier alpha value is -0.707. The fourth-order valence-corrected chi connectivity index (χ4v) is 1.99. The predicted molar refractivity (Wildman–Crippen MR) is 81.4 cm³/mol. The molecule has 0 aromatic carbocycles. The molecule has 1 aliphatic carbocycles. The molecule has 1 heterocycles. The molecule has 6 nitrogen and oxygen atoms in total. The van der Waals surface area contributed by atoms with Gasteiger partial charge in [-0.15, -0.1) is 11.6 Å². The molecule has 0 spiro atoms. The maximum Gasteiger partial charge on any atom is 2.00 e. The monoisotopic (exact) mass is 379 g/mol. The summed E-state index contributed by atoms with van der Waals surface area (Å²) in [6.07, 6.45) is 3.23. The van der Waals surface area contributed by atoms with E-state index in [0.29, 0.717) is 30.4 Å². The second-order valence-electron chi connectivity index (χ2n) is 4.19. The molecular formula is C14H22ClN3O3Zn+2. The SMILES string of the molecule is C1COCCN1.CCOC1=CC(Cl)C(OCC)=CC1=[N+]=[N-].[Zn+2]. The minimum absolute atomic E-state index is 0. The number of ether oxygens (including phenoxy) is 3. The molecule has 0 aromatic rings. The van der Waals surface area contributed by atoms with Gasteiger partial charge in [-0.05, 0) is 19.9 Å². The van der Waals surface area contributed by atoms with Crippen LogP contribution in [0, 0.1) is 0 Å². The van der Waals surface area contributed by atoms with Crippen molar-refractivity contribution in [2.75, 3.05) is 39.5 Å². The van der Waals surface area contributed by atoms with Gasteiger partial charge in [0.1, 0.15) is 11.1 Å². The Morgan fingerprint density at radius 2 is 1.95 bits per heavy atom. The van der Waals surface area contributed by atoms with Crippen LogP contribution in [-0.2, 0) is 33.7 Å². The molecular weight excluding hydrogens is 359 g/mol. The number of alkyl halides is 1. The zero-order chi connectivity index (χ0) is 15.5. The molecule has 1 aliphatic heterocycles. The average molecular weight is 381 g/mol. The Labute approximate surface area is 149 Å². The summed E-state index contributed by atoms with van der Waals surface area (Å²) in [6, 6.07) is 0. The Morgan fingerprint density at radius 3 is 2.36 bits per heavy atom. The van der Waals surface area contributed by atoms with E-state index in [4.69, 9.17) is 31.3 Å². The van der Waals surface area contributed by atoms with Crippen molar-refractivity contribution in [1.29, 1.82) is 0 Å². The number of hydrogen-bond donors (Lipinski definition) is 1. The summed E-state index contributed by atoms with van der Waals surface area (Å²) in [5.41, 5.74) is 9.11. The number of hydrogen-bond acceptors (Lipinski definition) is 4. The van der Waals surface area contributed by atoms with Gasteiger partial charge in [-0.1, -0.05) is 0 Å². The average Bonchev–Trinajstić information content (AvgIpc) is 2.53. The summed E-state index contributed by atoms with van der Waals surface area (Å²) in [5.74, 6) is 1.04. The van der Waals surface area contributed by atoms with E-state index in [-0.39, 0.29) is 24.9 Å². The molecule has 0 radical (unpaired) electrons. The van der Waals surface area contributed by atoms with Crippen molar-refractivity contribution in [2.45, 2.75) is 19.2 Å². The molecule has 0 saturated carbocycles. The molecule has 1 atom stereocenters. The first kappa shape index (κ1) is 21.3. The minimum Gasteiger partial charge on any atom is -0.496 e. The molecule has 1 saturated heterocycles. The van der Waals surface area contributed by atoms with E-state index in [1.165, 1.54) is 0 Å². The minimum atomic E-state index is -0.378. The molecule has 1 unspecified atom stereocenters. The zero-order valence-corrected chi connectivity index (χ0v) is 16.9. The number of allylic oxidation sites excluding steroid dienone is 2. The van der Waals surface area contributed by atoms with Crippen LogP contribution in [0.25, 0.3) is 5.53 Å². The Balaban J connectivity index is 0.000000529. The van der Waals surface area contributed by atoms with Gasteiger partial charge in [0, 0.05) is 13.1 Å². The maximum absolute atomic E-state index is 8.78. The maximum atomic E-state index is 8.78. The molecule has 1 fully saturated rings. The third-order valence-electron chi connectivity index (χ3n) is 2.67. The van der Waals surface area contributed by atoms with Crippen LogP contribution in [0.5, 0.6) is 0 Å². The Bertz CT molecular complexity index is 422. The molecule has 0 aromatic heterocycles. The van der Waals surface area contributed by atoms with Crippen molar-refractivity contribution in [3.63, 3.8) is 0 Å². The standard InChI is InChI=1S/C10H13ClN2O2.C4H9NO.Zn/c1-3-14-9-6-8(13-12)10(15-4-2)5-7(9)11;1-3-6-4-2-5-1;/h5-7H,3-4H2,1-2H3;5H,1-4H2;/q;;+2. The van der Waals surface area contributed by atoms with Gasteiger partial charge >= 0.3 is 25.2 Å². The number of halogens is 1. The molecule has 2 aliphatic rings. The third kappa shape index (κ3) is 7.52. The predicted octanol–water partition coefficient (Wildman–Crippen LogP) is 1.72. The molecule has 118 valence electrons. The van der Waals surface area contributed by atoms with Crippen LogP contribution in [0.4, 0.5) is 0 Å². The van der Waals surface area contributed by atoms with Gasteiger partial charge < -0.3 is 25.1 Å². The summed E-state index contributed by atoms with van der Waals surface area (Å²) < 4.78 is 15.6. The van der Waals surface area contributed by atoms with Crippen LogP contribution in [0.1, 0.15) is 13.8 Å². The first-order valence-electron chi connectivity index (χ1n) is 7.06. The summed E-state index contributed by atoms with van der Waals surface area (Å²) in [7, 11) is 0. The van der Waals surface area contributed by atoms with Crippen molar-refractivity contribution in [3.8, 4) is 0 Å². The fraction of sp³-hybridized carbons (Fsp3) is 0.643. The second-order valence-corrected chi connectivity index (χ2v) is 4.66. The normalized spacial score (nSPS) is 20.3. The number of morpholine rings is 1. The van der Waals surface area contributed by atoms with Gasteiger partial charge in [0.05, 0.1) is 32.5 Å². The van der Waals surface area contributed by atoms with Gasteiger partial charge in [-0.2, -0.15) is 4.79 Å². The van der Waals surface area contributed by atoms with Crippen LogP contribution in [-0.4, -0.2) is 55.4 Å². The van der Waals surface area contributed by atoms with Crippen LogP contribution in [0.2, 0.25) is 0 Å². The second kappa shape index (κ2) is 12.8. The van der Waals surface area contributed by atoms with Crippen LogP contribution in [0.3, 0.4) is 0 Å². The number of nitrogens with zero attached hydrogens (tertiary/aromatic N) is 2. The first-order valence-corrected chi connectivity index (χ1v) is 7.50. The van der Waals surface area contributed by atoms with Crippen molar-refractivity contribution >= 4 is 17.3 Å². The van der Waals surface area contributed by atoms with Crippen LogP contribution >= 0.6 is 11.6 Å². The van der Waals surface area contributed by atoms with E-state index in [9.17, 15) is 0 Å². The molecule has 0 amide bonds. The van der Waals surface area contributed by atoms with E-state index in [1.807, 2.05) is 13.8 Å². The van der Waals surface area contributed by atoms with Gasteiger partial charge in [0.2, 0.25) is 5.76 Å². The van der Waals surface area contributed by atoms with E-state index in [0.717, 1.165) is 26.3 Å². The van der Waals surface area contributed by atoms with Crippen molar-refractivity contribution in [1.82, 2.24) is 5.32 Å². The molecule has 1 N–H and O–H groups in total. The summed E-state index contributed by atoms with van der Waals surface area (Å²) in [4.78, 5) is 3.12. The van der Waals surface area contributed by atoms with E-state index in [2.05, 4.69) is 10.1 Å². The van der Waals surface area contributed by atoms with Gasteiger partial charge in [-0.3, -0.25) is 0 Å². The first-order chi connectivity index (χ1) is 10.2. The number of rotatable bonds is 4. The van der Waals surface area contributed by atoms with Gasteiger partial charge in [0.15, 0.2) is 0 Å². The van der Waals surface area contributed by atoms with Crippen LogP contribution < -0.4 is 5.32 Å². The smallest absolute Gasteiger partial charge is 0.496 e. The number of nitrogens with one attached hydrogen (secondary N) is 1. The van der Waals surface area contributed by atoms with Crippen molar-refractivity contribution in [2.24, 2.45) is 0 Å².